The molecule has 0 saturated heterocycles. The van der Waals surface area contributed by atoms with Gasteiger partial charge in [0.05, 0.1) is 5.69 Å². The molecule has 6 nitrogen and oxygen atoms in total. The lowest BCUT2D eigenvalue weighted by atomic mass is 10.1. The van der Waals surface area contributed by atoms with Crippen LogP contribution >= 0.6 is 0 Å². The van der Waals surface area contributed by atoms with Crippen molar-refractivity contribution in [1.29, 1.82) is 0 Å². The van der Waals surface area contributed by atoms with Crippen molar-refractivity contribution in [1.82, 2.24) is 24.7 Å². The van der Waals surface area contributed by atoms with Gasteiger partial charge in [0.15, 0.2) is 0 Å². The molecule has 1 aliphatic carbocycles. The third-order valence-electron chi connectivity index (χ3n) is 4.13. The second kappa shape index (κ2) is 7.23. The van der Waals surface area contributed by atoms with E-state index in [1.165, 1.54) is 0 Å². The van der Waals surface area contributed by atoms with Crippen LogP contribution in [0.5, 0.6) is 5.88 Å². The van der Waals surface area contributed by atoms with Crippen LogP contribution < -0.4 is 10.1 Å². The summed E-state index contributed by atoms with van der Waals surface area (Å²) in [6.07, 6.45) is 18.4. The lowest BCUT2D eigenvalue weighted by molar-refractivity contribution is 0.295. The summed E-state index contributed by atoms with van der Waals surface area (Å²) in [6, 6.07) is 3.85. The van der Waals surface area contributed by atoms with Gasteiger partial charge in [-0.05, 0) is 36.3 Å². The van der Waals surface area contributed by atoms with Gasteiger partial charge < -0.3 is 14.5 Å². The Balaban J connectivity index is 1.69. The molecule has 0 amide bonds. The Morgan fingerprint density at radius 1 is 1.23 bits per heavy atom. The van der Waals surface area contributed by atoms with E-state index in [-0.39, 0.29) is 0 Å². The van der Waals surface area contributed by atoms with Crippen LogP contribution in [0, 0.1) is 0 Å². The van der Waals surface area contributed by atoms with Gasteiger partial charge in [0.2, 0.25) is 5.65 Å². The van der Waals surface area contributed by atoms with Gasteiger partial charge in [0, 0.05) is 49.3 Å². The Morgan fingerprint density at radius 2 is 2.12 bits per heavy atom. The molecule has 0 saturated carbocycles. The highest BCUT2D eigenvalue weighted by atomic mass is 16.5. The lowest BCUT2D eigenvalue weighted by Gasteiger charge is -2.10. The second-order valence-corrected chi connectivity index (χ2v) is 5.88. The fourth-order valence-corrected chi connectivity index (χ4v) is 2.77. The number of hydrogen-bond acceptors (Lipinski definition) is 5. The quantitative estimate of drug-likeness (QED) is 0.769. The molecule has 0 bridgehead atoms. The molecule has 0 spiro atoms. The number of pyridine rings is 1. The van der Waals surface area contributed by atoms with Crippen molar-refractivity contribution in [3.8, 4) is 5.88 Å². The fraction of sp³-hybridized carbons (Fsp3) is 0.150. The zero-order valence-electron chi connectivity index (χ0n) is 14.5. The number of nitrogens with zero attached hydrogens (tertiary/aromatic N) is 4. The van der Waals surface area contributed by atoms with Crippen molar-refractivity contribution < 1.29 is 4.74 Å². The molecule has 0 aromatic carbocycles. The van der Waals surface area contributed by atoms with Gasteiger partial charge in [0.1, 0.15) is 6.61 Å². The molecule has 1 N–H and O–H groups in total. The van der Waals surface area contributed by atoms with Crippen molar-refractivity contribution in [2.75, 3.05) is 7.05 Å². The van der Waals surface area contributed by atoms with E-state index in [4.69, 9.17) is 9.72 Å². The van der Waals surface area contributed by atoms with Crippen molar-refractivity contribution >= 4 is 11.2 Å². The maximum absolute atomic E-state index is 5.98. The molecular formula is C20H19N5O. The van der Waals surface area contributed by atoms with Crippen molar-refractivity contribution in [2.45, 2.75) is 13.0 Å². The summed E-state index contributed by atoms with van der Waals surface area (Å²) in [7, 11) is 1.91. The number of allylic oxidation sites excluding steroid dienone is 5. The Labute approximate surface area is 151 Å². The number of fused-ring (bicyclic) bond motifs is 1. The van der Waals surface area contributed by atoms with Crippen molar-refractivity contribution in [3.63, 3.8) is 0 Å². The van der Waals surface area contributed by atoms with Crippen molar-refractivity contribution in [3.05, 3.63) is 84.4 Å². The number of aromatic nitrogens is 4. The van der Waals surface area contributed by atoms with E-state index >= 15 is 0 Å². The first-order chi connectivity index (χ1) is 12.8. The molecule has 0 fully saturated rings. The molecular weight excluding hydrogens is 326 g/mol. The summed E-state index contributed by atoms with van der Waals surface area (Å²) in [5.41, 5.74) is 4.67. The van der Waals surface area contributed by atoms with Crippen LogP contribution in [0.25, 0.3) is 11.2 Å². The number of ether oxygens (including phenoxy) is 1. The van der Waals surface area contributed by atoms with Gasteiger partial charge in [-0.25, -0.2) is 9.97 Å². The van der Waals surface area contributed by atoms with Gasteiger partial charge in [0.25, 0.3) is 5.88 Å². The molecule has 3 heterocycles. The summed E-state index contributed by atoms with van der Waals surface area (Å²) in [5, 5.41) is 3.19. The minimum atomic E-state index is 0.416. The number of rotatable bonds is 5. The number of imidazole rings is 1. The third-order valence-corrected chi connectivity index (χ3v) is 4.13. The van der Waals surface area contributed by atoms with E-state index in [0.717, 1.165) is 28.9 Å². The number of likely N-dealkylation sites (N-methyl/N-ethyl adjacent to an activating group) is 1. The van der Waals surface area contributed by atoms with Crippen LogP contribution in [0.2, 0.25) is 0 Å². The normalized spacial score (nSPS) is 13.9. The summed E-state index contributed by atoms with van der Waals surface area (Å²) < 4.78 is 7.92. The van der Waals surface area contributed by atoms with E-state index in [1.54, 1.807) is 18.6 Å². The largest absolute Gasteiger partial charge is 0.470 e. The predicted molar refractivity (Wildman–Crippen MR) is 100 cm³/mol. The average molecular weight is 345 g/mol. The van der Waals surface area contributed by atoms with Gasteiger partial charge in [-0.15, -0.1) is 0 Å². The van der Waals surface area contributed by atoms with E-state index in [0.29, 0.717) is 18.1 Å². The molecule has 130 valence electrons. The Hall–Kier alpha value is -3.41. The summed E-state index contributed by atoms with van der Waals surface area (Å²) in [6.45, 7) is 0.416. The first kappa shape index (κ1) is 16.1. The Morgan fingerprint density at radius 3 is 2.96 bits per heavy atom. The smallest absolute Gasteiger partial charge is 0.259 e. The standard InChI is InChI=1S/C20H19N5O/c1-21-17-5-3-2-4-16(12-17)18-13-25-11-10-23-19(25)20(24-18)26-14-15-6-8-22-9-7-15/h3-13,21H,2,14H2,1H3. The number of hydrogen-bond donors (Lipinski definition) is 1. The van der Waals surface area contributed by atoms with Crippen LogP contribution in [-0.2, 0) is 6.61 Å². The summed E-state index contributed by atoms with van der Waals surface area (Å²) >= 11 is 0. The van der Waals surface area contributed by atoms with Crippen LogP contribution in [0.1, 0.15) is 17.7 Å². The predicted octanol–water partition coefficient (Wildman–Crippen LogP) is 3.15. The maximum Gasteiger partial charge on any atom is 0.259 e. The maximum atomic E-state index is 5.98. The van der Waals surface area contributed by atoms with E-state index in [1.807, 2.05) is 36.0 Å². The van der Waals surface area contributed by atoms with Crippen LogP contribution in [0.15, 0.2) is 73.1 Å². The Kier molecular flexibility index (Phi) is 4.47. The van der Waals surface area contributed by atoms with Gasteiger partial charge in [-0.1, -0.05) is 12.2 Å². The highest BCUT2D eigenvalue weighted by molar-refractivity contribution is 5.74. The fourth-order valence-electron chi connectivity index (χ4n) is 2.77. The lowest BCUT2D eigenvalue weighted by Crippen LogP contribution is -2.05. The first-order valence-corrected chi connectivity index (χ1v) is 8.45. The molecule has 0 aliphatic heterocycles. The monoisotopic (exact) mass is 345 g/mol. The van der Waals surface area contributed by atoms with E-state index in [9.17, 15) is 0 Å². The first-order valence-electron chi connectivity index (χ1n) is 8.45. The van der Waals surface area contributed by atoms with E-state index < -0.39 is 0 Å². The molecule has 3 aromatic rings. The molecule has 6 heteroatoms. The summed E-state index contributed by atoms with van der Waals surface area (Å²) in [5.74, 6) is 0.516. The Bertz CT molecular complexity index is 1000. The minimum absolute atomic E-state index is 0.416. The highest BCUT2D eigenvalue weighted by Crippen LogP contribution is 2.24. The second-order valence-electron chi connectivity index (χ2n) is 5.88. The molecule has 4 rings (SSSR count). The van der Waals surface area contributed by atoms with Gasteiger partial charge >= 0.3 is 0 Å². The molecule has 1 aliphatic rings. The third kappa shape index (κ3) is 3.35. The van der Waals surface area contributed by atoms with Gasteiger partial charge in [-0.2, -0.15) is 0 Å². The summed E-state index contributed by atoms with van der Waals surface area (Å²) in [4.78, 5) is 13.1. The SMILES string of the molecule is CNC1=CC(c2cn3ccnc3c(OCc3ccncc3)n2)=CCC=C1. The zero-order chi connectivity index (χ0) is 17.8. The average Bonchev–Trinajstić information content (AvgIpc) is 3.03. The molecule has 3 aromatic heterocycles. The van der Waals surface area contributed by atoms with Gasteiger partial charge in [-0.3, -0.25) is 4.98 Å². The van der Waals surface area contributed by atoms with Crippen molar-refractivity contribution in [2.24, 2.45) is 0 Å². The molecule has 0 radical (unpaired) electrons. The molecule has 0 atom stereocenters. The molecule has 0 unspecified atom stereocenters. The topological polar surface area (TPSA) is 64.3 Å². The van der Waals surface area contributed by atoms with Crippen LogP contribution in [0.4, 0.5) is 0 Å². The minimum Gasteiger partial charge on any atom is -0.470 e. The van der Waals surface area contributed by atoms with Crippen LogP contribution in [0.3, 0.4) is 0 Å². The van der Waals surface area contributed by atoms with E-state index in [2.05, 4.69) is 39.6 Å². The highest BCUT2D eigenvalue weighted by Gasteiger charge is 2.12. The van der Waals surface area contributed by atoms with Crippen LogP contribution in [-0.4, -0.2) is 26.4 Å². The zero-order valence-corrected chi connectivity index (χ0v) is 14.5. The molecule has 26 heavy (non-hydrogen) atoms. The number of nitrogens with one attached hydrogen (secondary N) is 1.